The van der Waals surface area contributed by atoms with Gasteiger partial charge in [-0.05, 0) is 55.0 Å². The number of hydrogen-bond donors (Lipinski definition) is 1. The lowest BCUT2D eigenvalue weighted by Gasteiger charge is -2.12. The highest BCUT2D eigenvalue weighted by atomic mass is 16.5. The predicted molar refractivity (Wildman–Crippen MR) is 113 cm³/mol. The van der Waals surface area contributed by atoms with Crippen LogP contribution in [-0.2, 0) is 18.0 Å². The van der Waals surface area contributed by atoms with Crippen molar-refractivity contribution < 1.29 is 19.0 Å². The molecule has 0 saturated heterocycles. The summed E-state index contributed by atoms with van der Waals surface area (Å²) >= 11 is 0. The van der Waals surface area contributed by atoms with Crippen molar-refractivity contribution in [3.05, 3.63) is 89.5 Å². The molecule has 0 aliphatic heterocycles. The van der Waals surface area contributed by atoms with Crippen LogP contribution in [0.25, 0.3) is 0 Å². The predicted octanol–water partition coefficient (Wildman–Crippen LogP) is 5.06. The van der Waals surface area contributed by atoms with Gasteiger partial charge < -0.3 is 19.5 Å². The molecule has 1 N–H and O–H groups in total. The van der Waals surface area contributed by atoms with Crippen LogP contribution in [0.1, 0.15) is 28.4 Å². The third-order valence-electron chi connectivity index (χ3n) is 4.36. The summed E-state index contributed by atoms with van der Waals surface area (Å²) in [6.07, 6.45) is 0. The zero-order valence-electron chi connectivity index (χ0n) is 16.7. The molecule has 0 saturated carbocycles. The third-order valence-corrected chi connectivity index (χ3v) is 4.36. The van der Waals surface area contributed by atoms with Gasteiger partial charge >= 0.3 is 0 Å². The largest absolute Gasteiger partial charge is 0.496 e. The SMILES string of the molecule is CCOCc1cc(C(=O)Nc2ccc(OCc3ccccc3)cc2)ccc1OC. The summed E-state index contributed by atoms with van der Waals surface area (Å²) in [7, 11) is 1.60. The van der Waals surface area contributed by atoms with Gasteiger partial charge in [0.05, 0.1) is 13.7 Å². The molecular weight excluding hydrogens is 366 g/mol. The maximum absolute atomic E-state index is 12.6. The average molecular weight is 391 g/mol. The van der Waals surface area contributed by atoms with Gasteiger partial charge in [-0.25, -0.2) is 0 Å². The van der Waals surface area contributed by atoms with Crippen LogP contribution in [0.3, 0.4) is 0 Å². The van der Waals surface area contributed by atoms with E-state index in [4.69, 9.17) is 14.2 Å². The first-order valence-electron chi connectivity index (χ1n) is 9.52. The maximum atomic E-state index is 12.6. The Morgan fingerprint density at radius 1 is 0.931 bits per heavy atom. The monoisotopic (exact) mass is 391 g/mol. The summed E-state index contributed by atoms with van der Waals surface area (Å²) in [6, 6.07) is 22.6. The van der Waals surface area contributed by atoms with Crippen molar-refractivity contribution in [1.29, 1.82) is 0 Å². The van der Waals surface area contributed by atoms with Crippen molar-refractivity contribution in [1.82, 2.24) is 0 Å². The minimum absolute atomic E-state index is 0.191. The van der Waals surface area contributed by atoms with Crippen molar-refractivity contribution >= 4 is 11.6 Å². The van der Waals surface area contributed by atoms with E-state index in [1.165, 1.54) is 0 Å². The molecule has 0 aliphatic rings. The first-order valence-corrected chi connectivity index (χ1v) is 9.52. The fourth-order valence-electron chi connectivity index (χ4n) is 2.82. The first kappa shape index (κ1) is 20.4. The summed E-state index contributed by atoms with van der Waals surface area (Å²) in [4.78, 5) is 12.6. The third kappa shape index (κ3) is 5.83. The number of methoxy groups -OCH3 is 1. The number of hydrogen-bond acceptors (Lipinski definition) is 4. The lowest BCUT2D eigenvalue weighted by atomic mass is 10.1. The molecule has 150 valence electrons. The fourth-order valence-corrected chi connectivity index (χ4v) is 2.82. The highest BCUT2D eigenvalue weighted by Crippen LogP contribution is 2.22. The Labute approximate surface area is 171 Å². The van der Waals surface area contributed by atoms with Gasteiger partial charge in [0.1, 0.15) is 18.1 Å². The number of benzene rings is 3. The van der Waals surface area contributed by atoms with E-state index in [-0.39, 0.29) is 5.91 Å². The number of ether oxygens (including phenoxy) is 3. The van der Waals surface area contributed by atoms with E-state index >= 15 is 0 Å². The molecule has 0 aliphatic carbocycles. The molecule has 3 aromatic carbocycles. The van der Waals surface area contributed by atoms with Gasteiger partial charge in [0.2, 0.25) is 0 Å². The van der Waals surface area contributed by atoms with Crippen LogP contribution in [0.15, 0.2) is 72.8 Å². The summed E-state index contributed by atoms with van der Waals surface area (Å²) in [5.74, 6) is 1.26. The van der Waals surface area contributed by atoms with Gasteiger partial charge in [0.15, 0.2) is 0 Å². The van der Waals surface area contributed by atoms with Crippen LogP contribution in [0.4, 0.5) is 5.69 Å². The molecule has 0 radical (unpaired) electrons. The second-order valence-electron chi connectivity index (χ2n) is 6.42. The topological polar surface area (TPSA) is 56.8 Å². The van der Waals surface area contributed by atoms with Crippen LogP contribution >= 0.6 is 0 Å². The van der Waals surface area contributed by atoms with Crippen LogP contribution < -0.4 is 14.8 Å². The second kappa shape index (κ2) is 10.3. The Hall–Kier alpha value is -3.31. The number of carbonyl (C=O) groups is 1. The smallest absolute Gasteiger partial charge is 0.255 e. The average Bonchev–Trinajstić information content (AvgIpc) is 2.77. The number of anilines is 1. The first-order chi connectivity index (χ1) is 14.2. The fraction of sp³-hybridized carbons (Fsp3) is 0.208. The number of carbonyl (C=O) groups excluding carboxylic acids is 1. The van der Waals surface area contributed by atoms with E-state index in [1.807, 2.05) is 61.5 Å². The van der Waals surface area contributed by atoms with E-state index < -0.39 is 0 Å². The van der Waals surface area contributed by atoms with Gasteiger partial charge in [-0.3, -0.25) is 4.79 Å². The van der Waals surface area contributed by atoms with Crippen molar-refractivity contribution in [2.45, 2.75) is 20.1 Å². The number of rotatable bonds is 9. The molecule has 0 bridgehead atoms. The maximum Gasteiger partial charge on any atom is 0.255 e. The van der Waals surface area contributed by atoms with Crippen molar-refractivity contribution in [3.8, 4) is 11.5 Å². The van der Waals surface area contributed by atoms with Gasteiger partial charge in [-0.15, -0.1) is 0 Å². The Balaban J connectivity index is 1.61. The Morgan fingerprint density at radius 2 is 1.69 bits per heavy atom. The second-order valence-corrected chi connectivity index (χ2v) is 6.42. The molecule has 3 rings (SSSR count). The van der Waals surface area contributed by atoms with Crippen molar-refractivity contribution in [2.75, 3.05) is 19.0 Å². The minimum atomic E-state index is -0.191. The summed E-state index contributed by atoms with van der Waals surface area (Å²) in [5, 5.41) is 2.90. The molecule has 0 spiro atoms. The van der Waals surface area contributed by atoms with Gasteiger partial charge in [-0.2, -0.15) is 0 Å². The number of amides is 1. The van der Waals surface area contributed by atoms with Gasteiger partial charge in [0, 0.05) is 23.4 Å². The van der Waals surface area contributed by atoms with E-state index in [1.54, 1.807) is 25.3 Å². The highest BCUT2D eigenvalue weighted by Gasteiger charge is 2.11. The molecule has 0 aromatic heterocycles. The molecule has 0 atom stereocenters. The molecule has 0 heterocycles. The molecule has 1 amide bonds. The molecule has 0 fully saturated rings. The normalized spacial score (nSPS) is 10.4. The van der Waals surface area contributed by atoms with Gasteiger partial charge in [0.25, 0.3) is 5.91 Å². The van der Waals surface area contributed by atoms with E-state index in [9.17, 15) is 4.79 Å². The molecule has 5 heteroatoms. The number of nitrogens with one attached hydrogen (secondary N) is 1. The van der Waals surface area contributed by atoms with Crippen LogP contribution in [0.5, 0.6) is 11.5 Å². The van der Waals surface area contributed by atoms with Crippen LogP contribution in [-0.4, -0.2) is 19.6 Å². The summed E-state index contributed by atoms with van der Waals surface area (Å²) in [5.41, 5.74) is 3.19. The summed E-state index contributed by atoms with van der Waals surface area (Å²) in [6.45, 7) is 3.42. The van der Waals surface area contributed by atoms with Crippen molar-refractivity contribution in [3.63, 3.8) is 0 Å². The Kier molecular flexibility index (Phi) is 7.25. The zero-order valence-corrected chi connectivity index (χ0v) is 16.7. The lowest BCUT2D eigenvalue weighted by Crippen LogP contribution is -2.12. The Morgan fingerprint density at radius 3 is 2.38 bits per heavy atom. The zero-order chi connectivity index (χ0) is 20.5. The van der Waals surface area contributed by atoms with E-state index in [0.29, 0.717) is 36.8 Å². The van der Waals surface area contributed by atoms with E-state index in [2.05, 4.69) is 5.32 Å². The molecule has 29 heavy (non-hydrogen) atoms. The molecule has 0 unspecified atom stereocenters. The van der Waals surface area contributed by atoms with Gasteiger partial charge in [-0.1, -0.05) is 30.3 Å². The van der Waals surface area contributed by atoms with Crippen LogP contribution in [0, 0.1) is 0 Å². The van der Waals surface area contributed by atoms with Crippen molar-refractivity contribution in [2.24, 2.45) is 0 Å². The van der Waals surface area contributed by atoms with Crippen LogP contribution in [0.2, 0.25) is 0 Å². The highest BCUT2D eigenvalue weighted by molar-refractivity contribution is 6.04. The standard InChI is InChI=1S/C24H25NO4/c1-3-28-17-20-15-19(9-14-23(20)27-2)24(26)25-21-10-12-22(13-11-21)29-16-18-7-5-4-6-8-18/h4-15H,3,16-17H2,1-2H3,(H,25,26). The summed E-state index contributed by atoms with van der Waals surface area (Å²) < 4.78 is 16.6. The Bertz CT molecular complexity index is 923. The lowest BCUT2D eigenvalue weighted by molar-refractivity contribution is 0.102. The molecular formula is C24H25NO4. The quantitative estimate of drug-likeness (QED) is 0.554. The molecule has 3 aromatic rings. The van der Waals surface area contributed by atoms with E-state index in [0.717, 1.165) is 16.9 Å². The molecule has 5 nitrogen and oxygen atoms in total. The minimum Gasteiger partial charge on any atom is -0.496 e.